The van der Waals surface area contributed by atoms with Crippen LogP contribution in [0, 0.1) is 5.82 Å². The van der Waals surface area contributed by atoms with E-state index < -0.39 is 5.92 Å². The van der Waals surface area contributed by atoms with Crippen molar-refractivity contribution in [2.45, 2.75) is 12.3 Å². The fourth-order valence-corrected chi connectivity index (χ4v) is 3.65. The summed E-state index contributed by atoms with van der Waals surface area (Å²) < 4.78 is 14.4. The highest BCUT2D eigenvalue weighted by Gasteiger charge is 2.31. The second kappa shape index (κ2) is 5.36. The fourth-order valence-electron chi connectivity index (χ4n) is 3.36. The molecule has 1 aliphatic rings. The van der Waals surface area contributed by atoms with Crippen molar-refractivity contribution in [2.75, 3.05) is 5.32 Å². The molecule has 0 aromatic heterocycles. The third-order valence-corrected chi connectivity index (χ3v) is 4.66. The zero-order valence-corrected chi connectivity index (χ0v) is 12.9. The molecule has 4 heteroatoms. The van der Waals surface area contributed by atoms with Crippen LogP contribution in [0.25, 0.3) is 10.8 Å². The maximum atomic E-state index is 14.4. The standard InChI is InChI=1S/C19H13ClFNO/c20-14-6-3-7-15(21)19(14)13-10-17(23)22-16-9-8-11-4-1-2-5-12(11)18(13)16/h1-9,13H,10H2,(H,22,23)/t13-/m1/s1. The summed E-state index contributed by atoms with van der Waals surface area (Å²) in [5.41, 5.74) is 2.04. The van der Waals surface area contributed by atoms with Crippen LogP contribution in [-0.4, -0.2) is 5.91 Å². The molecular formula is C19H13ClFNO. The number of fused-ring (bicyclic) bond motifs is 3. The molecule has 3 aromatic rings. The Morgan fingerprint density at radius 2 is 1.83 bits per heavy atom. The highest BCUT2D eigenvalue weighted by atomic mass is 35.5. The Kier molecular flexibility index (Phi) is 3.31. The van der Waals surface area contributed by atoms with Gasteiger partial charge in [-0.2, -0.15) is 0 Å². The zero-order chi connectivity index (χ0) is 16.0. The van der Waals surface area contributed by atoms with Crippen molar-refractivity contribution in [1.29, 1.82) is 0 Å². The Balaban J connectivity index is 2.04. The van der Waals surface area contributed by atoms with Gasteiger partial charge >= 0.3 is 0 Å². The monoisotopic (exact) mass is 325 g/mol. The molecule has 0 saturated heterocycles. The highest BCUT2D eigenvalue weighted by Crippen LogP contribution is 2.44. The average molecular weight is 326 g/mol. The maximum absolute atomic E-state index is 14.4. The van der Waals surface area contributed by atoms with E-state index in [1.807, 2.05) is 36.4 Å². The lowest BCUT2D eigenvalue weighted by molar-refractivity contribution is -0.116. The second-order valence-electron chi connectivity index (χ2n) is 5.69. The van der Waals surface area contributed by atoms with Crippen molar-refractivity contribution in [3.8, 4) is 0 Å². The van der Waals surface area contributed by atoms with Gasteiger partial charge in [0.05, 0.1) is 0 Å². The van der Waals surface area contributed by atoms with Crippen molar-refractivity contribution in [1.82, 2.24) is 0 Å². The van der Waals surface area contributed by atoms with Gasteiger partial charge in [-0.25, -0.2) is 4.39 Å². The zero-order valence-electron chi connectivity index (χ0n) is 12.1. The molecule has 3 aromatic carbocycles. The van der Waals surface area contributed by atoms with E-state index in [0.29, 0.717) is 10.6 Å². The van der Waals surface area contributed by atoms with Crippen LogP contribution in [0.2, 0.25) is 5.02 Å². The molecule has 0 bridgehead atoms. The van der Waals surface area contributed by atoms with Crippen molar-refractivity contribution >= 4 is 34.0 Å². The molecule has 0 radical (unpaired) electrons. The minimum absolute atomic E-state index is 0.128. The number of hydrogen-bond donors (Lipinski definition) is 1. The van der Waals surface area contributed by atoms with Crippen molar-refractivity contribution < 1.29 is 9.18 Å². The lowest BCUT2D eigenvalue weighted by Gasteiger charge is -2.28. The first-order chi connectivity index (χ1) is 11.1. The molecule has 1 aliphatic heterocycles. The Labute approximate surface area is 137 Å². The predicted octanol–water partition coefficient (Wildman–Crippen LogP) is 5.11. The van der Waals surface area contributed by atoms with Crippen LogP contribution >= 0.6 is 11.6 Å². The Morgan fingerprint density at radius 1 is 1.00 bits per heavy atom. The summed E-state index contributed by atoms with van der Waals surface area (Å²) in [6, 6.07) is 16.4. The Morgan fingerprint density at radius 3 is 2.65 bits per heavy atom. The minimum atomic E-state index is -0.390. The van der Waals surface area contributed by atoms with Crippen LogP contribution in [0.5, 0.6) is 0 Å². The van der Waals surface area contributed by atoms with E-state index in [-0.39, 0.29) is 18.1 Å². The Bertz CT molecular complexity index is 918. The molecule has 0 fully saturated rings. The fraction of sp³-hybridized carbons (Fsp3) is 0.105. The molecule has 0 unspecified atom stereocenters. The van der Waals surface area contributed by atoms with Crippen molar-refractivity contribution in [3.05, 3.63) is 76.6 Å². The molecule has 1 N–H and O–H groups in total. The van der Waals surface area contributed by atoms with Gasteiger partial charge in [0.1, 0.15) is 5.82 Å². The van der Waals surface area contributed by atoms with Gasteiger partial charge in [0, 0.05) is 28.6 Å². The number of rotatable bonds is 1. The van der Waals surface area contributed by atoms with E-state index in [9.17, 15) is 9.18 Å². The van der Waals surface area contributed by atoms with E-state index in [1.165, 1.54) is 6.07 Å². The lowest BCUT2D eigenvalue weighted by Crippen LogP contribution is -2.24. The number of nitrogens with one attached hydrogen (secondary N) is 1. The van der Waals surface area contributed by atoms with Gasteiger partial charge < -0.3 is 5.32 Å². The molecule has 23 heavy (non-hydrogen) atoms. The summed E-state index contributed by atoms with van der Waals surface area (Å²) in [6.45, 7) is 0. The number of carbonyl (C=O) groups is 1. The van der Waals surface area contributed by atoms with E-state index in [2.05, 4.69) is 5.32 Å². The van der Waals surface area contributed by atoms with Crippen LogP contribution in [0.15, 0.2) is 54.6 Å². The molecule has 1 atom stereocenters. The molecule has 4 rings (SSSR count). The summed E-state index contributed by atoms with van der Waals surface area (Å²) in [7, 11) is 0. The SMILES string of the molecule is O=C1C[C@@H](c2c(F)cccc2Cl)c2c(ccc3ccccc23)N1. The largest absolute Gasteiger partial charge is 0.326 e. The van der Waals surface area contributed by atoms with Gasteiger partial charge in [-0.1, -0.05) is 48.0 Å². The maximum Gasteiger partial charge on any atom is 0.225 e. The van der Waals surface area contributed by atoms with E-state index in [4.69, 9.17) is 11.6 Å². The average Bonchev–Trinajstić information content (AvgIpc) is 2.54. The topological polar surface area (TPSA) is 29.1 Å². The second-order valence-corrected chi connectivity index (χ2v) is 6.10. The number of halogens is 2. The van der Waals surface area contributed by atoms with E-state index in [0.717, 1.165) is 22.0 Å². The highest BCUT2D eigenvalue weighted by molar-refractivity contribution is 6.31. The van der Waals surface area contributed by atoms with Crippen LogP contribution < -0.4 is 5.32 Å². The molecular weight excluding hydrogens is 313 g/mol. The Hall–Kier alpha value is -2.39. The van der Waals surface area contributed by atoms with Crippen LogP contribution in [0.3, 0.4) is 0 Å². The van der Waals surface area contributed by atoms with Gasteiger partial charge in [0.25, 0.3) is 0 Å². The van der Waals surface area contributed by atoms with Crippen LogP contribution in [0.4, 0.5) is 10.1 Å². The predicted molar refractivity (Wildman–Crippen MR) is 90.4 cm³/mol. The number of amides is 1. The molecule has 0 aliphatic carbocycles. The smallest absolute Gasteiger partial charge is 0.225 e. The molecule has 2 nitrogen and oxygen atoms in total. The van der Waals surface area contributed by atoms with E-state index in [1.54, 1.807) is 12.1 Å². The first-order valence-corrected chi connectivity index (χ1v) is 7.78. The first-order valence-electron chi connectivity index (χ1n) is 7.40. The summed E-state index contributed by atoms with van der Waals surface area (Å²) in [5, 5.41) is 5.30. The number of anilines is 1. The quantitative estimate of drug-likeness (QED) is 0.662. The van der Waals surface area contributed by atoms with Gasteiger partial charge in [0.15, 0.2) is 0 Å². The van der Waals surface area contributed by atoms with Crippen LogP contribution in [0.1, 0.15) is 23.5 Å². The molecule has 0 spiro atoms. The van der Waals surface area contributed by atoms with Crippen molar-refractivity contribution in [2.24, 2.45) is 0 Å². The third-order valence-electron chi connectivity index (χ3n) is 4.33. The number of hydrogen-bond acceptors (Lipinski definition) is 1. The van der Waals surface area contributed by atoms with E-state index >= 15 is 0 Å². The summed E-state index contributed by atoms with van der Waals surface area (Å²) >= 11 is 6.26. The van der Waals surface area contributed by atoms with Gasteiger partial charge in [0.2, 0.25) is 5.91 Å². The number of carbonyl (C=O) groups excluding carboxylic acids is 1. The molecule has 1 amide bonds. The van der Waals surface area contributed by atoms with Crippen molar-refractivity contribution in [3.63, 3.8) is 0 Å². The third kappa shape index (κ3) is 2.28. The number of benzene rings is 3. The van der Waals surface area contributed by atoms with Gasteiger partial charge in [-0.15, -0.1) is 0 Å². The normalized spacial score (nSPS) is 17.0. The lowest BCUT2D eigenvalue weighted by atomic mass is 9.82. The minimum Gasteiger partial charge on any atom is -0.326 e. The summed E-state index contributed by atoms with van der Waals surface area (Å²) in [6.07, 6.45) is 0.182. The molecule has 114 valence electrons. The van der Waals surface area contributed by atoms with Gasteiger partial charge in [-0.3, -0.25) is 4.79 Å². The van der Waals surface area contributed by atoms with Crippen LogP contribution in [-0.2, 0) is 4.79 Å². The first kappa shape index (κ1) is 14.2. The van der Waals surface area contributed by atoms with Gasteiger partial charge in [-0.05, 0) is 34.5 Å². The summed E-state index contributed by atoms with van der Waals surface area (Å²) in [4.78, 5) is 12.1. The summed E-state index contributed by atoms with van der Waals surface area (Å²) in [5.74, 6) is -0.897. The molecule has 0 saturated carbocycles. The molecule has 1 heterocycles.